The van der Waals surface area contributed by atoms with Crippen LogP contribution in [-0.2, 0) is 9.59 Å². The summed E-state index contributed by atoms with van der Waals surface area (Å²) < 4.78 is 0. The van der Waals surface area contributed by atoms with Crippen LogP contribution < -0.4 is 16.4 Å². The molecule has 2 aliphatic heterocycles. The average Bonchev–Trinajstić information content (AvgIpc) is 3.23. The Morgan fingerprint density at radius 3 is 2.49 bits per heavy atom. The lowest BCUT2D eigenvalue weighted by Gasteiger charge is -2.28. The quantitative estimate of drug-likeness (QED) is 0.311. The summed E-state index contributed by atoms with van der Waals surface area (Å²) in [5.74, 6) is -2.04. The van der Waals surface area contributed by atoms with Gasteiger partial charge in [-0.3, -0.25) is 39.4 Å². The first-order chi connectivity index (χ1) is 19.9. The van der Waals surface area contributed by atoms with E-state index in [2.05, 4.69) is 20.6 Å². The van der Waals surface area contributed by atoms with E-state index < -0.39 is 29.7 Å². The first kappa shape index (κ1) is 26.3. The van der Waals surface area contributed by atoms with Gasteiger partial charge in [-0.15, -0.1) is 0 Å². The van der Waals surface area contributed by atoms with E-state index in [1.165, 1.54) is 6.20 Å². The number of benzene rings is 2. The summed E-state index contributed by atoms with van der Waals surface area (Å²) in [6.07, 6.45) is 8.70. The monoisotopic (exact) mass is 551 g/mol. The number of nitrogens with one attached hydrogen (secondary N) is 2. The predicted octanol–water partition coefficient (Wildman–Crippen LogP) is 2.82. The molecule has 1 saturated heterocycles. The minimum Gasteiger partial charge on any atom is -0.404 e. The van der Waals surface area contributed by atoms with Gasteiger partial charge in [-0.2, -0.15) is 0 Å². The van der Waals surface area contributed by atoms with Crippen LogP contribution in [0.25, 0.3) is 16.6 Å². The lowest BCUT2D eigenvalue weighted by molar-refractivity contribution is -0.136. The van der Waals surface area contributed by atoms with E-state index in [1.54, 1.807) is 30.6 Å². The van der Waals surface area contributed by atoms with Gasteiger partial charge in [0.05, 0.1) is 40.1 Å². The van der Waals surface area contributed by atoms with Gasteiger partial charge in [-0.05, 0) is 62.4 Å². The summed E-state index contributed by atoms with van der Waals surface area (Å²) >= 11 is 0. The smallest absolute Gasteiger partial charge is 0.262 e. The maximum Gasteiger partial charge on any atom is 0.262 e. The standard InChI is InChI=1S/C30H29N7O4/c31-14-17(25-16-33-23-3-1-2-4-24(23)35-25)15-32-18-5-7-19(8-6-18)34-20-9-10-21-22(13-20)30(41)37(29(21)40)26-11-12-27(38)36-28(26)39/h1-4,9-10,13-16,18-19,26,34H,5-8,11-12,31H2,(H,36,38,39). The molecule has 1 aliphatic carbocycles. The van der Waals surface area contributed by atoms with Gasteiger partial charge in [0, 0.05) is 36.1 Å². The van der Waals surface area contributed by atoms with Crippen LogP contribution in [0.15, 0.2) is 59.9 Å². The van der Waals surface area contributed by atoms with Crippen LogP contribution in [0.5, 0.6) is 0 Å². The van der Waals surface area contributed by atoms with Crippen LogP contribution in [0.1, 0.15) is 64.9 Å². The van der Waals surface area contributed by atoms with Gasteiger partial charge in [0.2, 0.25) is 11.8 Å². The second-order valence-electron chi connectivity index (χ2n) is 10.5. The lowest BCUT2D eigenvalue weighted by Crippen LogP contribution is -2.54. The fourth-order valence-corrected chi connectivity index (χ4v) is 5.64. The SMILES string of the molecule is NC=C(C=NC1CCC(Nc2ccc3c(c2)C(=O)N(C2CCC(=O)NC2=O)C3=O)CC1)c1cnc2ccccc2n1. The Kier molecular flexibility index (Phi) is 7.00. The molecule has 11 heteroatoms. The molecular weight excluding hydrogens is 522 g/mol. The van der Waals surface area contributed by atoms with Crippen molar-refractivity contribution in [3.05, 3.63) is 71.7 Å². The van der Waals surface area contributed by atoms with Crippen LogP contribution in [0.2, 0.25) is 0 Å². The highest BCUT2D eigenvalue weighted by Gasteiger charge is 2.44. The number of allylic oxidation sites excluding steroid dienone is 1. The lowest BCUT2D eigenvalue weighted by atomic mass is 9.91. The van der Waals surface area contributed by atoms with Crippen molar-refractivity contribution in [3.63, 3.8) is 0 Å². The summed E-state index contributed by atoms with van der Waals surface area (Å²) in [6.45, 7) is 0. The number of imide groups is 2. The molecule has 41 heavy (non-hydrogen) atoms. The third-order valence-electron chi connectivity index (χ3n) is 7.86. The highest BCUT2D eigenvalue weighted by atomic mass is 16.2. The van der Waals surface area contributed by atoms with E-state index in [0.717, 1.165) is 47.3 Å². The first-order valence-corrected chi connectivity index (χ1v) is 13.7. The number of carbonyl (C=O) groups is 4. The number of carbonyl (C=O) groups excluding carboxylic acids is 4. The fourth-order valence-electron chi connectivity index (χ4n) is 5.64. The number of hydrogen-bond donors (Lipinski definition) is 3. The zero-order chi connectivity index (χ0) is 28.5. The second kappa shape index (κ2) is 10.9. The second-order valence-corrected chi connectivity index (χ2v) is 10.5. The third kappa shape index (κ3) is 5.18. The molecule has 2 aromatic carbocycles. The van der Waals surface area contributed by atoms with E-state index in [4.69, 9.17) is 10.7 Å². The van der Waals surface area contributed by atoms with E-state index >= 15 is 0 Å². The highest BCUT2D eigenvalue weighted by Crippen LogP contribution is 2.31. The molecule has 3 aliphatic rings. The number of aliphatic imine (C=N–C) groups is 1. The molecule has 4 amide bonds. The van der Waals surface area contributed by atoms with Gasteiger partial charge in [0.1, 0.15) is 6.04 Å². The summed E-state index contributed by atoms with van der Waals surface area (Å²) in [4.78, 5) is 64.7. The Balaban J connectivity index is 1.06. The van der Waals surface area contributed by atoms with Gasteiger partial charge >= 0.3 is 0 Å². The molecule has 2 fully saturated rings. The average molecular weight is 552 g/mol. The molecule has 1 unspecified atom stereocenters. The number of aromatic nitrogens is 2. The number of hydrogen-bond acceptors (Lipinski definition) is 9. The molecule has 1 saturated carbocycles. The Hall–Kier alpha value is -4.93. The van der Waals surface area contributed by atoms with Crippen molar-refractivity contribution < 1.29 is 19.2 Å². The molecule has 1 aromatic heterocycles. The van der Waals surface area contributed by atoms with Crippen LogP contribution >= 0.6 is 0 Å². The van der Waals surface area contributed by atoms with Gasteiger partial charge < -0.3 is 11.1 Å². The van der Waals surface area contributed by atoms with Crippen LogP contribution in [0, 0.1) is 0 Å². The van der Waals surface area contributed by atoms with Gasteiger partial charge in [-0.1, -0.05) is 12.1 Å². The van der Waals surface area contributed by atoms with Gasteiger partial charge in [0.15, 0.2) is 0 Å². The minimum atomic E-state index is -0.977. The Labute approximate surface area is 235 Å². The first-order valence-electron chi connectivity index (χ1n) is 13.7. The van der Waals surface area contributed by atoms with Crippen molar-refractivity contribution in [2.75, 3.05) is 5.32 Å². The van der Waals surface area contributed by atoms with Gasteiger partial charge in [0.25, 0.3) is 11.8 Å². The fraction of sp³-hybridized carbons (Fsp3) is 0.300. The molecule has 0 radical (unpaired) electrons. The molecule has 208 valence electrons. The Morgan fingerprint density at radius 1 is 0.976 bits per heavy atom. The number of anilines is 1. The number of fused-ring (bicyclic) bond motifs is 2. The molecule has 4 N–H and O–H groups in total. The summed E-state index contributed by atoms with van der Waals surface area (Å²) in [5, 5.41) is 5.70. The molecule has 6 rings (SSSR count). The topological polar surface area (TPSA) is 160 Å². The Bertz CT molecular complexity index is 1620. The van der Waals surface area contributed by atoms with Crippen LogP contribution in [-0.4, -0.2) is 62.8 Å². The molecule has 3 aromatic rings. The number of para-hydroxylation sites is 2. The van der Waals surface area contributed by atoms with Gasteiger partial charge in [-0.25, -0.2) is 4.98 Å². The van der Waals surface area contributed by atoms with Crippen molar-refractivity contribution in [1.82, 2.24) is 20.2 Å². The van der Waals surface area contributed by atoms with E-state index in [0.29, 0.717) is 11.3 Å². The van der Waals surface area contributed by atoms with Crippen LogP contribution in [0.3, 0.4) is 0 Å². The summed E-state index contributed by atoms with van der Waals surface area (Å²) in [6, 6.07) is 12.1. The van der Waals surface area contributed by atoms with Crippen molar-refractivity contribution in [1.29, 1.82) is 0 Å². The van der Waals surface area contributed by atoms with Crippen LogP contribution in [0.4, 0.5) is 5.69 Å². The molecule has 11 nitrogen and oxygen atoms in total. The highest BCUT2D eigenvalue weighted by molar-refractivity contribution is 6.23. The molecular formula is C30H29N7O4. The number of nitrogens with zero attached hydrogens (tertiary/aromatic N) is 4. The minimum absolute atomic E-state index is 0.0880. The molecule has 1 atom stereocenters. The normalized spacial score (nSPS) is 23.3. The zero-order valence-corrected chi connectivity index (χ0v) is 22.2. The van der Waals surface area contributed by atoms with Crippen molar-refractivity contribution in [2.45, 2.75) is 56.7 Å². The summed E-state index contributed by atoms with van der Waals surface area (Å²) in [7, 11) is 0. The predicted molar refractivity (Wildman–Crippen MR) is 153 cm³/mol. The van der Waals surface area contributed by atoms with E-state index in [9.17, 15) is 19.2 Å². The van der Waals surface area contributed by atoms with Crippen molar-refractivity contribution in [2.24, 2.45) is 10.7 Å². The van der Waals surface area contributed by atoms with E-state index in [1.807, 2.05) is 24.3 Å². The maximum absolute atomic E-state index is 13.1. The molecule has 0 spiro atoms. The zero-order valence-electron chi connectivity index (χ0n) is 22.2. The van der Waals surface area contributed by atoms with E-state index in [-0.39, 0.29) is 36.1 Å². The number of piperidine rings is 1. The summed E-state index contributed by atoms with van der Waals surface area (Å²) in [5.41, 5.74) is 10.2. The number of amides is 4. The van der Waals surface area contributed by atoms with Crippen molar-refractivity contribution in [3.8, 4) is 0 Å². The number of nitrogens with two attached hydrogens (primary N) is 1. The Morgan fingerprint density at radius 2 is 1.73 bits per heavy atom. The number of rotatable bonds is 6. The maximum atomic E-state index is 13.1. The third-order valence-corrected chi connectivity index (χ3v) is 7.86. The molecule has 0 bridgehead atoms. The molecule has 3 heterocycles. The van der Waals surface area contributed by atoms with Crippen molar-refractivity contribution >= 4 is 52.1 Å². The largest absolute Gasteiger partial charge is 0.404 e.